The van der Waals surface area contributed by atoms with E-state index >= 15 is 0 Å². The predicted molar refractivity (Wildman–Crippen MR) is 75.1 cm³/mol. The quantitative estimate of drug-likeness (QED) is 0.636. The zero-order valence-electron chi connectivity index (χ0n) is 10.6. The molecule has 0 aromatic heterocycles. The highest BCUT2D eigenvalue weighted by Gasteiger charge is 2.02. The molecule has 0 amide bonds. The summed E-state index contributed by atoms with van der Waals surface area (Å²) >= 11 is 0. The fraction of sp³-hybridized carbons (Fsp3) is 0.0625. The molecule has 2 aromatic rings. The molecule has 19 heavy (non-hydrogen) atoms. The van der Waals surface area contributed by atoms with Crippen LogP contribution in [0.1, 0.15) is 18.1 Å². The zero-order chi connectivity index (χ0) is 13.7. The fourth-order valence-corrected chi connectivity index (χ4v) is 1.62. The molecule has 1 N–H and O–H groups in total. The van der Waals surface area contributed by atoms with Gasteiger partial charge in [0.2, 0.25) is 0 Å². The van der Waals surface area contributed by atoms with E-state index in [1.54, 1.807) is 43.3 Å². The van der Waals surface area contributed by atoms with E-state index in [4.69, 9.17) is 10.1 Å². The molecule has 0 aliphatic rings. The third-order valence-electron chi connectivity index (χ3n) is 2.56. The summed E-state index contributed by atoms with van der Waals surface area (Å²) in [5.74, 6) is 0.383. The second-order valence-electron chi connectivity index (χ2n) is 4.11. The van der Waals surface area contributed by atoms with Gasteiger partial charge in [0.25, 0.3) is 6.01 Å². The van der Waals surface area contributed by atoms with E-state index in [1.165, 1.54) is 6.08 Å². The lowest BCUT2D eigenvalue weighted by Gasteiger charge is -2.05. The van der Waals surface area contributed by atoms with E-state index in [2.05, 4.69) is 0 Å². The van der Waals surface area contributed by atoms with Crippen LogP contribution in [0.5, 0.6) is 5.75 Å². The minimum Gasteiger partial charge on any atom is -0.432 e. The number of hydrogen-bond acceptors (Lipinski definition) is 2. The molecule has 0 fully saturated rings. The Balaban J connectivity index is 2.15. The van der Waals surface area contributed by atoms with Crippen molar-refractivity contribution in [2.45, 2.75) is 6.92 Å². The molecule has 0 aliphatic carbocycles. The maximum atomic E-state index is 13.7. The highest BCUT2D eigenvalue weighted by atomic mass is 19.1. The van der Waals surface area contributed by atoms with E-state index in [-0.39, 0.29) is 0 Å². The maximum absolute atomic E-state index is 13.7. The minimum atomic E-state index is -0.675. The first kappa shape index (κ1) is 13.0. The summed E-state index contributed by atoms with van der Waals surface area (Å²) in [6, 6.07) is 15.3. The average Bonchev–Trinajstić information content (AvgIpc) is 2.40. The number of halogens is 1. The Labute approximate surface area is 111 Å². The van der Waals surface area contributed by atoms with Gasteiger partial charge in [-0.05, 0) is 30.2 Å². The second-order valence-corrected chi connectivity index (χ2v) is 4.11. The van der Waals surface area contributed by atoms with Gasteiger partial charge >= 0.3 is 0 Å². The Morgan fingerprint density at radius 1 is 1.11 bits per heavy atom. The van der Waals surface area contributed by atoms with Crippen LogP contribution >= 0.6 is 0 Å². The van der Waals surface area contributed by atoms with Gasteiger partial charge in [-0.2, -0.15) is 4.39 Å². The standard InChI is InChI=1S/C16H14FNO/c1-12(18)14-8-5-9-15(11-14)19-16(17)10-13-6-3-2-4-7-13/h2-11,18H,1H3/b16-10-,18-12?. The smallest absolute Gasteiger partial charge is 0.278 e. The lowest BCUT2D eigenvalue weighted by molar-refractivity contribution is 0.308. The van der Waals surface area contributed by atoms with Crippen molar-refractivity contribution in [3.05, 3.63) is 71.7 Å². The summed E-state index contributed by atoms with van der Waals surface area (Å²) in [6.07, 6.45) is 1.32. The first-order chi connectivity index (χ1) is 9.15. The molecule has 2 rings (SSSR count). The molecule has 3 heteroatoms. The van der Waals surface area contributed by atoms with Crippen LogP contribution in [0.15, 0.2) is 60.6 Å². The highest BCUT2D eigenvalue weighted by molar-refractivity contribution is 5.96. The molecule has 0 unspecified atom stereocenters. The van der Waals surface area contributed by atoms with Crippen LogP contribution in [0, 0.1) is 5.41 Å². The maximum Gasteiger partial charge on any atom is 0.278 e. The van der Waals surface area contributed by atoms with Crippen molar-refractivity contribution < 1.29 is 9.13 Å². The molecular weight excluding hydrogens is 241 g/mol. The minimum absolute atomic E-state index is 0.383. The van der Waals surface area contributed by atoms with Gasteiger partial charge in [0, 0.05) is 11.8 Å². The Bertz CT molecular complexity index is 605. The Morgan fingerprint density at radius 3 is 2.53 bits per heavy atom. The lowest BCUT2D eigenvalue weighted by atomic mass is 10.1. The molecule has 0 bridgehead atoms. The summed E-state index contributed by atoms with van der Waals surface area (Å²) in [5.41, 5.74) is 1.86. The summed E-state index contributed by atoms with van der Waals surface area (Å²) in [4.78, 5) is 0. The van der Waals surface area contributed by atoms with Crippen LogP contribution in [0.3, 0.4) is 0 Å². The van der Waals surface area contributed by atoms with E-state index in [9.17, 15) is 4.39 Å². The molecule has 0 spiro atoms. The molecule has 96 valence electrons. The van der Waals surface area contributed by atoms with Gasteiger partial charge in [-0.1, -0.05) is 42.5 Å². The highest BCUT2D eigenvalue weighted by Crippen LogP contribution is 2.18. The Morgan fingerprint density at radius 2 is 1.84 bits per heavy atom. The fourth-order valence-electron chi connectivity index (χ4n) is 1.62. The molecule has 0 saturated carbocycles. The molecule has 0 atom stereocenters. The topological polar surface area (TPSA) is 33.1 Å². The summed E-state index contributed by atoms with van der Waals surface area (Å²) in [5, 5.41) is 7.53. The van der Waals surface area contributed by atoms with Crippen molar-refractivity contribution in [3.8, 4) is 5.75 Å². The van der Waals surface area contributed by atoms with E-state index in [1.807, 2.05) is 18.2 Å². The number of hydrogen-bond donors (Lipinski definition) is 1. The zero-order valence-corrected chi connectivity index (χ0v) is 10.6. The van der Waals surface area contributed by atoms with Crippen molar-refractivity contribution in [2.24, 2.45) is 0 Å². The normalized spacial score (nSPS) is 11.2. The van der Waals surface area contributed by atoms with Crippen molar-refractivity contribution in [3.63, 3.8) is 0 Å². The van der Waals surface area contributed by atoms with Gasteiger partial charge < -0.3 is 10.1 Å². The first-order valence-electron chi connectivity index (χ1n) is 5.91. The molecule has 2 aromatic carbocycles. The Kier molecular flexibility index (Phi) is 4.08. The number of ether oxygens (including phenoxy) is 1. The van der Waals surface area contributed by atoms with Gasteiger partial charge in [-0.3, -0.25) is 0 Å². The average molecular weight is 255 g/mol. The molecule has 0 heterocycles. The third-order valence-corrected chi connectivity index (χ3v) is 2.56. The second kappa shape index (κ2) is 5.96. The number of rotatable bonds is 4. The van der Waals surface area contributed by atoms with E-state index in [0.717, 1.165) is 5.56 Å². The molecule has 0 saturated heterocycles. The number of benzene rings is 2. The van der Waals surface area contributed by atoms with Crippen LogP contribution in [-0.4, -0.2) is 5.71 Å². The molecule has 0 aliphatic heterocycles. The van der Waals surface area contributed by atoms with Gasteiger partial charge in [0.15, 0.2) is 0 Å². The van der Waals surface area contributed by atoms with Gasteiger partial charge in [0.1, 0.15) is 5.75 Å². The molecular formula is C16H14FNO. The monoisotopic (exact) mass is 255 g/mol. The Hall–Kier alpha value is -2.42. The van der Waals surface area contributed by atoms with Crippen LogP contribution in [-0.2, 0) is 0 Å². The van der Waals surface area contributed by atoms with Crippen molar-refractivity contribution in [1.29, 1.82) is 5.41 Å². The van der Waals surface area contributed by atoms with Crippen LogP contribution in [0.4, 0.5) is 4.39 Å². The van der Waals surface area contributed by atoms with Crippen molar-refractivity contribution >= 4 is 11.8 Å². The van der Waals surface area contributed by atoms with Crippen LogP contribution < -0.4 is 4.74 Å². The summed E-state index contributed by atoms with van der Waals surface area (Å²) in [7, 11) is 0. The van der Waals surface area contributed by atoms with Crippen LogP contribution in [0.25, 0.3) is 6.08 Å². The van der Waals surface area contributed by atoms with Crippen molar-refractivity contribution in [2.75, 3.05) is 0 Å². The lowest BCUT2D eigenvalue weighted by Crippen LogP contribution is -1.94. The third kappa shape index (κ3) is 3.78. The SMILES string of the molecule is CC(=N)c1cccc(O/C(F)=C\c2ccccc2)c1. The molecule has 0 radical (unpaired) electrons. The first-order valence-corrected chi connectivity index (χ1v) is 5.91. The number of nitrogens with one attached hydrogen (secondary N) is 1. The summed E-state index contributed by atoms with van der Waals surface area (Å²) in [6.45, 7) is 1.68. The molecule has 2 nitrogen and oxygen atoms in total. The van der Waals surface area contributed by atoms with Gasteiger partial charge in [-0.15, -0.1) is 0 Å². The largest absolute Gasteiger partial charge is 0.432 e. The summed E-state index contributed by atoms with van der Waals surface area (Å²) < 4.78 is 18.8. The predicted octanol–water partition coefficient (Wildman–Crippen LogP) is 4.42. The van der Waals surface area contributed by atoms with Gasteiger partial charge in [-0.25, -0.2) is 0 Å². The van der Waals surface area contributed by atoms with E-state index in [0.29, 0.717) is 17.0 Å². The van der Waals surface area contributed by atoms with Crippen LogP contribution in [0.2, 0.25) is 0 Å². The van der Waals surface area contributed by atoms with E-state index < -0.39 is 6.01 Å². The van der Waals surface area contributed by atoms with Crippen molar-refractivity contribution in [1.82, 2.24) is 0 Å². The van der Waals surface area contributed by atoms with Gasteiger partial charge in [0.05, 0.1) is 0 Å².